The van der Waals surface area contributed by atoms with Crippen LogP contribution in [0.2, 0.25) is 0 Å². The molecule has 2 heteroatoms. The van der Waals surface area contributed by atoms with Crippen LogP contribution >= 0.6 is 0 Å². The van der Waals surface area contributed by atoms with E-state index in [1.165, 1.54) is 42.7 Å². The van der Waals surface area contributed by atoms with E-state index in [1.807, 2.05) is 0 Å². The highest BCUT2D eigenvalue weighted by molar-refractivity contribution is 5.59. The Balaban J connectivity index is 2.27. The first-order chi connectivity index (χ1) is 6.85. The summed E-state index contributed by atoms with van der Waals surface area (Å²) in [6.45, 7) is 5.22. The van der Waals surface area contributed by atoms with Crippen LogP contribution in [0.4, 0.5) is 5.69 Å². The Hall–Kier alpha value is -1.02. The molecular formula is C12H18N2. The van der Waals surface area contributed by atoms with Gasteiger partial charge in [0.15, 0.2) is 0 Å². The summed E-state index contributed by atoms with van der Waals surface area (Å²) in [4.78, 5) is 2.47. The highest BCUT2D eigenvalue weighted by Gasteiger charge is 2.17. The van der Waals surface area contributed by atoms with Crippen molar-refractivity contribution in [2.45, 2.75) is 26.3 Å². The van der Waals surface area contributed by atoms with E-state index < -0.39 is 0 Å². The molecule has 0 aliphatic carbocycles. The van der Waals surface area contributed by atoms with Crippen molar-refractivity contribution in [1.29, 1.82) is 0 Å². The lowest BCUT2D eigenvalue weighted by Crippen LogP contribution is -2.21. The molecule has 0 amide bonds. The molecule has 0 saturated heterocycles. The lowest BCUT2D eigenvalue weighted by atomic mass is 10.1. The normalized spacial score (nSPS) is 14.6. The average molecular weight is 190 g/mol. The van der Waals surface area contributed by atoms with E-state index in [2.05, 4.69) is 30.0 Å². The van der Waals surface area contributed by atoms with Crippen LogP contribution < -0.4 is 10.6 Å². The Morgan fingerprint density at radius 3 is 3.00 bits per heavy atom. The van der Waals surface area contributed by atoms with Gasteiger partial charge in [-0.25, -0.2) is 0 Å². The molecule has 2 rings (SSSR count). The molecule has 0 aromatic heterocycles. The smallest absolute Gasteiger partial charge is 0.0402 e. The summed E-state index contributed by atoms with van der Waals surface area (Å²) in [6.07, 6.45) is 2.41. The van der Waals surface area contributed by atoms with E-state index >= 15 is 0 Å². The van der Waals surface area contributed by atoms with Crippen molar-refractivity contribution < 1.29 is 0 Å². The molecule has 1 aliphatic rings. The zero-order valence-electron chi connectivity index (χ0n) is 8.79. The van der Waals surface area contributed by atoms with Gasteiger partial charge in [0.25, 0.3) is 0 Å². The number of benzene rings is 1. The van der Waals surface area contributed by atoms with Crippen LogP contribution in [0.25, 0.3) is 0 Å². The largest absolute Gasteiger partial charge is 0.371 e. The third-order valence-electron chi connectivity index (χ3n) is 2.87. The lowest BCUT2D eigenvalue weighted by molar-refractivity contribution is 0.796. The van der Waals surface area contributed by atoms with Crippen LogP contribution in [0.5, 0.6) is 0 Å². The van der Waals surface area contributed by atoms with E-state index in [0.29, 0.717) is 6.54 Å². The third-order valence-corrected chi connectivity index (χ3v) is 2.87. The molecule has 1 aromatic rings. The first-order valence-corrected chi connectivity index (χ1v) is 5.42. The maximum absolute atomic E-state index is 5.64. The highest BCUT2D eigenvalue weighted by Crippen LogP contribution is 2.28. The Bertz CT molecular complexity index is 318. The molecular weight excluding hydrogens is 172 g/mol. The van der Waals surface area contributed by atoms with Crippen molar-refractivity contribution in [3.05, 3.63) is 29.3 Å². The van der Waals surface area contributed by atoms with Gasteiger partial charge < -0.3 is 10.6 Å². The van der Waals surface area contributed by atoms with E-state index in [1.54, 1.807) is 0 Å². The summed E-state index contributed by atoms with van der Waals surface area (Å²) in [5.74, 6) is 0. The summed E-state index contributed by atoms with van der Waals surface area (Å²) in [5.41, 5.74) is 9.78. The van der Waals surface area contributed by atoms with Crippen molar-refractivity contribution in [2.75, 3.05) is 18.0 Å². The summed E-state index contributed by atoms with van der Waals surface area (Å²) >= 11 is 0. The fourth-order valence-corrected chi connectivity index (χ4v) is 2.12. The number of nitrogens with two attached hydrogens (primary N) is 1. The van der Waals surface area contributed by atoms with Crippen LogP contribution in [0.15, 0.2) is 18.2 Å². The van der Waals surface area contributed by atoms with Gasteiger partial charge in [-0.15, -0.1) is 0 Å². The summed E-state index contributed by atoms with van der Waals surface area (Å²) in [5, 5.41) is 0. The van der Waals surface area contributed by atoms with Crippen molar-refractivity contribution in [3.8, 4) is 0 Å². The molecule has 0 radical (unpaired) electrons. The van der Waals surface area contributed by atoms with Crippen LogP contribution in [0.1, 0.15) is 24.5 Å². The number of hydrogen-bond acceptors (Lipinski definition) is 2. The third kappa shape index (κ3) is 1.62. The van der Waals surface area contributed by atoms with Crippen molar-refractivity contribution in [1.82, 2.24) is 0 Å². The minimum Gasteiger partial charge on any atom is -0.371 e. The minimum absolute atomic E-state index is 0.646. The molecule has 1 heterocycles. The predicted molar refractivity (Wildman–Crippen MR) is 60.5 cm³/mol. The maximum atomic E-state index is 5.64. The van der Waals surface area contributed by atoms with Gasteiger partial charge in [-0.1, -0.05) is 19.1 Å². The number of hydrogen-bond donors (Lipinski definition) is 1. The monoisotopic (exact) mass is 190 g/mol. The van der Waals surface area contributed by atoms with Gasteiger partial charge in [0.05, 0.1) is 0 Å². The topological polar surface area (TPSA) is 29.3 Å². The van der Waals surface area contributed by atoms with Crippen molar-refractivity contribution in [2.24, 2.45) is 5.73 Å². The van der Waals surface area contributed by atoms with Crippen LogP contribution in [-0.2, 0) is 13.0 Å². The Labute approximate surface area is 85.7 Å². The van der Waals surface area contributed by atoms with Gasteiger partial charge in [-0.3, -0.25) is 0 Å². The maximum Gasteiger partial charge on any atom is 0.0402 e. The molecule has 0 fully saturated rings. The standard InChI is InChI=1S/C12H18N2/c1-2-6-14-7-5-11-4-3-10(9-13)8-12(11)14/h3-4,8H,2,5-7,9,13H2,1H3. The Morgan fingerprint density at radius 2 is 2.29 bits per heavy atom. The highest BCUT2D eigenvalue weighted by atomic mass is 15.1. The Morgan fingerprint density at radius 1 is 1.43 bits per heavy atom. The van der Waals surface area contributed by atoms with E-state index in [9.17, 15) is 0 Å². The van der Waals surface area contributed by atoms with Crippen molar-refractivity contribution in [3.63, 3.8) is 0 Å². The van der Waals surface area contributed by atoms with E-state index in [0.717, 1.165) is 0 Å². The van der Waals surface area contributed by atoms with Gasteiger partial charge in [-0.05, 0) is 30.0 Å². The van der Waals surface area contributed by atoms with Crippen LogP contribution in [0.3, 0.4) is 0 Å². The van der Waals surface area contributed by atoms with E-state index in [4.69, 9.17) is 5.73 Å². The molecule has 0 unspecified atom stereocenters. The SMILES string of the molecule is CCCN1CCc2ccc(CN)cc21. The molecule has 2 nitrogen and oxygen atoms in total. The second-order valence-electron chi connectivity index (χ2n) is 3.90. The number of anilines is 1. The fraction of sp³-hybridized carbons (Fsp3) is 0.500. The van der Waals surface area contributed by atoms with Crippen LogP contribution in [-0.4, -0.2) is 13.1 Å². The molecule has 1 aliphatic heterocycles. The van der Waals surface area contributed by atoms with Crippen molar-refractivity contribution >= 4 is 5.69 Å². The zero-order valence-corrected chi connectivity index (χ0v) is 8.79. The van der Waals surface area contributed by atoms with Gasteiger partial charge in [0.2, 0.25) is 0 Å². The second-order valence-corrected chi connectivity index (χ2v) is 3.90. The second kappa shape index (κ2) is 4.01. The molecule has 0 atom stereocenters. The number of rotatable bonds is 3. The summed E-state index contributed by atoms with van der Waals surface area (Å²) < 4.78 is 0. The molecule has 0 spiro atoms. The molecule has 14 heavy (non-hydrogen) atoms. The quantitative estimate of drug-likeness (QED) is 0.789. The molecule has 2 N–H and O–H groups in total. The van der Waals surface area contributed by atoms with Gasteiger partial charge in [0, 0.05) is 25.3 Å². The first kappa shape index (κ1) is 9.53. The van der Waals surface area contributed by atoms with Gasteiger partial charge in [-0.2, -0.15) is 0 Å². The molecule has 0 saturated carbocycles. The first-order valence-electron chi connectivity index (χ1n) is 5.42. The fourth-order valence-electron chi connectivity index (χ4n) is 2.12. The zero-order chi connectivity index (χ0) is 9.97. The van der Waals surface area contributed by atoms with Gasteiger partial charge in [0.1, 0.15) is 0 Å². The predicted octanol–water partition coefficient (Wildman–Crippen LogP) is 1.92. The lowest BCUT2D eigenvalue weighted by Gasteiger charge is -2.18. The summed E-state index contributed by atoms with van der Waals surface area (Å²) in [7, 11) is 0. The summed E-state index contributed by atoms with van der Waals surface area (Å²) in [6, 6.07) is 6.62. The number of nitrogens with zero attached hydrogens (tertiary/aromatic N) is 1. The average Bonchev–Trinajstić information content (AvgIpc) is 2.61. The molecule has 1 aromatic carbocycles. The molecule has 0 bridgehead atoms. The van der Waals surface area contributed by atoms with E-state index in [-0.39, 0.29) is 0 Å². The molecule has 76 valence electrons. The Kier molecular flexibility index (Phi) is 2.73. The van der Waals surface area contributed by atoms with Crippen LogP contribution in [0, 0.1) is 0 Å². The minimum atomic E-state index is 0.646. The number of fused-ring (bicyclic) bond motifs is 1. The van der Waals surface area contributed by atoms with Gasteiger partial charge >= 0.3 is 0 Å².